The molecule has 0 saturated carbocycles. The van der Waals surface area contributed by atoms with E-state index in [2.05, 4.69) is 21.0 Å². The number of nitrogens with zero attached hydrogens (tertiary/aromatic N) is 3. The number of carbonyl (C=O) groups is 1. The number of hydrogen-bond donors (Lipinski definition) is 2. The maximum atomic E-state index is 10.9. The molecule has 0 unspecified atom stereocenters. The van der Waals surface area contributed by atoms with Crippen molar-refractivity contribution in [3.8, 4) is 0 Å². The fourth-order valence-corrected chi connectivity index (χ4v) is 1.39. The van der Waals surface area contributed by atoms with Crippen LogP contribution in [0.15, 0.2) is 4.47 Å². The number of nitro groups is 1. The fraction of sp³-hybridized carbons (Fsp3) is 0.333. The molecule has 0 atom stereocenters. The van der Waals surface area contributed by atoms with Gasteiger partial charge >= 0.3 is 5.82 Å². The molecule has 3 N–H and O–H groups in total. The van der Waals surface area contributed by atoms with E-state index < -0.39 is 10.8 Å². The molecule has 1 amide bonds. The van der Waals surface area contributed by atoms with Crippen molar-refractivity contribution in [3.05, 3.63) is 20.3 Å². The Morgan fingerprint density at radius 1 is 1.80 bits per heavy atom. The van der Waals surface area contributed by atoms with E-state index in [0.717, 1.165) is 0 Å². The van der Waals surface area contributed by atoms with E-state index in [-0.39, 0.29) is 16.8 Å². The van der Waals surface area contributed by atoms with Crippen LogP contribution in [0.4, 0.5) is 5.82 Å². The quantitative estimate of drug-likeness (QED) is 0.345. The van der Waals surface area contributed by atoms with Crippen LogP contribution in [0, 0.1) is 17.0 Å². The molecule has 0 fully saturated rings. The van der Waals surface area contributed by atoms with Gasteiger partial charge in [0.1, 0.15) is 11.0 Å². The van der Waals surface area contributed by atoms with Gasteiger partial charge < -0.3 is 10.1 Å². The van der Waals surface area contributed by atoms with Gasteiger partial charge in [-0.1, -0.05) is 0 Å². The molecule has 1 aromatic rings. The van der Waals surface area contributed by atoms with Crippen molar-refractivity contribution in [3.63, 3.8) is 0 Å². The standard InChI is InChI=1S/C6H8BrN5O3/c1-3-5(7)6(12(14)15)10-11(3)2-4(13)9-8/h2,8H2,1H3,(H,9,13). The summed E-state index contributed by atoms with van der Waals surface area (Å²) in [7, 11) is 0. The van der Waals surface area contributed by atoms with Gasteiger partial charge in [-0.2, -0.15) is 4.68 Å². The molecule has 0 aliphatic carbocycles. The molecule has 9 heteroatoms. The molecule has 0 spiro atoms. The van der Waals surface area contributed by atoms with Crippen LogP contribution in [0.25, 0.3) is 0 Å². The Balaban J connectivity index is 3.05. The number of nitrogens with two attached hydrogens (primary N) is 1. The van der Waals surface area contributed by atoms with Crippen LogP contribution >= 0.6 is 15.9 Å². The minimum Gasteiger partial charge on any atom is -0.358 e. The van der Waals surface area contributed by atoms with E-state index in [1.807, 2.05) is 5.43 Å². The predicted octanol–water partition coefficient (Wildman–Crippen LogP) is -0.148. The average molecular weight is 278 g/mol. The number of amides is 1. The highest BCUT2D eigenvalue weighted by Gasteiger charge is 2.24. The first-order chi connectivity index (χ1) is 6.97. The molecular formula is C6H8BrN5O3. The van der Waals surface area contributed by atoms with Gasteiger partial charge in [-0.15, -0.1) is 0 Å². The van der Waals surface area contributed by atoms with Crippen LogP contribution in [-0.2, 0) is 11.3 Å². The van der Waals surface area contributed by atoms with Crippen molar-refractivity contribution < 1.29 is 9.72 Å². The second-order valence-electron chi connectivity index (χ2n) is 2.71. The second kappa shape index (κ2) is 4.36. The maximum Gasteiger partial charge on any atom is 0.404 e. The van der Waals surface area contributed by atoms with Gasteiger partial charge in [0.2, 0.25) is 0 Å². The molecular weight excluding hydrogens is 270 g/mol. The zero-order valence-electron chi connectivity index (χ0n) is 7.73. The van der Waals surface area contributed by atoms with Crippen molar-refractivity contribution in [1.29, 1.82) is 0 Å². The molecule has 8 nitrogen and oxygen atoms in total. The SMILES string of the molecule is Cc1c(Br)c([N+](=O)[O-])nn1CC(=O)NN. The molecule has 1 aromatic heterocycles. The van der Waals surface area contributed by atoms with Gasteiger partial charge in [-0.05, 0) is 27.8 Å². The normalized spacial score (nSPS) is 10.1. The zero-order valence-corrected chi connectivity index (χ0v) is 9.31. The topological polar surface area (TPSA) is 116 Å². The molecule has 0 aromatic carbocycles. The van der Waals surface area contributed by atoms with E-state index in [0.29, 0.717) is 5.69 Å². The molecule has 0 saturated heterocycles. The number of aromatic nitrogens is 2. The lowest BCUT2D eigenvalue weighted by molar-refractivity contribution is -0.390. The number of nitrogens with one attached hydrogen (secondary N) is 1. The largest absolute Gasteiger partial charge is 0.404 e. The minimum absolute atomic E-state index is 0.158. The zero-order chi connectivity index (χ0) is 11.6. The van der Waals surface area contributed by atoms with Crippen molar-refractivity contribution >= 4 is 27.7 Å². The van der Waals surface area contributed by atoms with E-state index >= 15 is 0 Å². The Morgan fingerprint density at radius 2 is 2.40 bits per heavy atom. The van der Waals surface area contributed by atoms with Crippen LogP contribution in [0.2, 0.25) is 0 Å². The first-order valence-electron chi connectivity index (χ1n) is 3.84. The highest BCUT2D eigenvalue weighted by atomic mass is 79.9. The predicted molar refractivity (Wildman–Crippen MR) is 53.6 cm³/mol. The monoisotopic (exact) mass is 277 g/mol. The smallest absolute Gasteiger partial charge is 0.358 e. The van der Waals surface area contributed by atoms with Gasteiger partial charge in [-0.3, -0.25) is 10.2 Å². The van der Waals surface area contributed by atoms with E-state index in [4.69, 9.17) is 5.84 Å². The van der Waals surface area contributed by atoms with E-state index in [1.165, 1.54) is 4.68 Å². The Kier molecular flexibility index (Phi) is 3.37. The van der Waals surface area contributed by atoms with Crippen molar-refractivity contribution in [1.82, 2.24) is 15.2 Å². The third kappa shape index (κ3) is 2.30. The van der Waals surface area contributed by atoms with Crippen molar-refractivity contribution in [2.75, 3.05) is 0 Å². The molecule has 0 aliphatic heterocycles. The number of halogens is 1. The van der Waals surface area contributed by atoms with Gasteiger partial charge in [0.25, 0.3) is 5.91 Å². The molecule has 1 rings (SSSR count). The van der Waals surface area contributed by atoms with Crippen LogP contribution in [0.1, 0.15) is 5.69 Å². The summed E-state index contributed by atoms with van der Waals surface area (Å²) in [6, 6.07) is 0. The fourth-order valence-electron chi connectivity index (χ4n) is 0.961. The van der Waals surface area contributed by atoms with Gasteiger partial charge in [0.15, 0.2) is 0 Å². The van der Waals surface area contributed by atoms with Crippen molar-refractivity contribution in [2.45, 2.75) is 13.5 Å². The molecule has 0 aliphatic rings. The van der Waals surface area contributed by atoms with Crippen LogP contribution in [0.3, 0.4) is 0 Å². The summed E-state index contributed by atoms with van der Waals surface area (Å²) in [5, 5.41) is 14.2. The first kappa shape index (κ1) is 11.6. The highest BCUT2D eigenvalue weighted by molar-refractivity contribution is 9.10. The highest BCUT2D eigenvalue weighted by Crippen LogP contribution is 2.26. The summed E-state index contributed by atoms with van der Waals surface area (Å²) in [5.41, 5.74) is 2.40. The summed E-state index contributed by atoms with van der Waals surface area (Å²) >= 11 is 3.03. The van der Waals surface area contributed by atoms with Crippen LogP contribution < -0.4 is 11.3 Å². The summed E-state index contributed by atoms with van der Waals surface area (Å²) in [6.45, 7) is 1.45. The lowest BCUT2D eigenvalue weighted by Crippen LogP contribution is -2.33. The second-order valence-corrected chi connectivity index (χ2v) is 3.50. The number of carbonyl (C=O) groups excluding carboxylic acids is 1. The van der Waals surface area contributed by atoms with Crippen LogP contribution in [0.5, 0.6) is 0 Å². The number of hydrazine groups is 1. The first-order valence-corrected chi connectivity index (χ1v) is 4.63. The van der Waals surface area contributed by atoms with Crippen molar-refractivity contribution in [2.24, 2.45) is 5.84 Å². The number of hydrogen-bond acceptors (Lipinski definition) is 5. The third-order valence-corrected chi connectivity index (χ3v) is 2.67. The molecule has 15 heavy (non-hydrogen) atoms. The van der Waals surface area contributed by atoms with Gasteiger partial charge in [-0.25, -0.2) is 5.84 Å². The number of rotatable bonds is 3. The molecule has 82 valence electrons. The molecule has 0 bridgehead atoms. The Hall–Kier alpha value is -1.48. The lowest BCUT2D eigenvalue weighted by Gasteiger charge is -1.97. The van der Waals surface area contributed by atoms with E-state index in [1.54, 1.807) is 6.92 Å². The summed E-state index contributed by atoms with van der Waals surface area (Å²) in [5.74, 6) is 4.08. The lowest BCUT2D eigenvalue weighted by atomic mass is 10.4. The van der Waals surface area contributed by atoms with E-state index in [9.17, 15) is 14.9 Å². The average Bonchev–Trinajstić information content (AvgIpc) is 2.46. The summed E-state index contributed by atoms with van der Waals surface area (Å²) in [6.07, 6.45) is 0. The molecule has 0 radical (unpaired) electrons. The minimum atomic E-state index is -0.631. The molecule has 1 heterocycles. The maximum absolute atomic E-state index is 10.9. The van der Waals surface area contributed by atoms with Gasteiger partial charge in [0.05, 0.1) is 10.8 Å². The summed E-state index contributed by atoms with van der Waals surface area (Å²) < 4.78 is 1.46. The Bertz CT molecular complexity index is 415. The Morgan fingerprint density at radius 3 is 2.80 bits per heavy atom. The Labute approximate surface area is 92.7 Å². The van der Waals surface area contributed by atoms with Gasteiger partial charge in [0, 0.05) is 0 Å². The third-order valence-electron chi connectivity index (χ3n) is 1.74. The summed E-state index contributed by atoms with van der Waals surface area (Å²) in [4.78, 5) is 20.8. The van der Waals surface area contributed by atoms with Crippen LogP contribution in [-0.4, -0.2) is 20.6 Å².